The summed E-state index contributed by atoms with van der Waals surface area (Å²) in [6.45, 7) is 4.85. The zero-order valence-electron chi connectivity index (χ0n) is 14.1. The number of nitrogens with zero attached hydrogens (tertiary/aromatic N) is 2. The number of carbonyl (C=O) groups excluding carboxylic acids is 2. The van der Waals surface area contributed by atoms with Crippen LogP contribution in [0.3, 0.4) is 0 Å². The number of Topliss-reactive ketones (excluding diaryl/α,β-unsaturated/α-hetero) is 1. The van der Waals surface area contributed by atoms with Crippen LogP contribution in [0, 0.1) is 13.8 Å². The number of aryl methyl sites for hydroxylation is 2. The monoisotopic (exact) mass is 339 g/mol. The van der Waals surface area contributed by atoms with Gasteiger partial charge in [-0.15, -0.1) is 0 Å². The molecule has 3 aromatic rings. The van der Waals surface area contributed by atoms with Gasteiger partial charge in [0, 0.05) is 16.8 Å². The van der Waals surface area contributed by atoms with Crippen molar-refractivity contribution in [3.05, 3.63) is 57.8 Å². The SMILES string of the molecule is CC(=O)c1ccc(NC(=O)Cn2cnc3oc(C)c(C)c3c2=O)cc1. The van der Waals surface area contributed by atoms with Crippen LogP contribution < -0.4 is 10.9 Å². The van der Waals surface area contributed by atoms with E-state index in [4.69, 9.17) is 4.42 Å². The Morgan fingerprint density at radius 1 is 1.20 bits per heavy atom. The summed E-state index contributed by atoms with van der Waals surface area (Å²) in [5.74, 6) is 0.221. The number of hydrogen-bond acceptors (Lipinski definition) is 5. The Morgan fingerprint density at radius 3 is 2.52 bits per heavy atom. The molecule has 0 unspecified atom stereocenters. The molecule has 1 aromatic carbocycles. The number of benzene rings is 1. The molecule has 0 aliphatic rings. The van der Waals surface area contributed by atoms with E-state index >= 15 is 0 Å². The molecule has 3 rings (SSSR count). The van der Waals surface area contributed by atoms with Crippen LogP contribution in [0.1, 0.15) is 28.6 Å². The summed E-state index contributed by atoms with van der Waals surface area (Å²) >= 11 is 0. The number of hydrogen-bond donors (Lipinski definition) is 1. The van der Waals surface area contributed by atoms with Gasteiger partial charge in [-0.3, -0.25) is 19.0 Å². The Labute approximate surface area is 143 Å². The third-order valence-electron chi connectivity index (χ3n) is 4.04. The van der Waals surface area contributed by atoms with Crippen molar-refractivity contribution in [3.63, 3.8) is 0 Å². The largest absolute Gasteiger partial charge is 0.443 e. The smallest absolute Gasteiger partial charge is 0.265 e. The van der Waals surface area contributed by atoms with Gasteiger partial charge in [-0.1, -0.05) is 0 Å². The number of carbonyl (C=O) groups is 2. The van der Waals surface area contributed by atoms with E-state index in [1.807, 2.05) is 0 Å². The number of rotatable bonds is 4. The minimum Gasteiger partial charge on any atom is -0.443 e. The van der Waals surface area contributed by atoms with Crippen LogP contribution in [0.2, 0.25) is 0 Å². The Balaban J connectivity index is 1.80. The number of furan rings is 1. The molecule has 2 aromatic heterocycles. The zero-order chi connectivity index (χ0) is 18.1. The molecule has 0 aliphatic heterocycles. The second-order valence-corrected chi connectivity index (χ2v) is 5.82. The summed E-state index contributed by atoms with van der Waals surface area (Å²) in [4.78, 5) is 40.1. The first-order chi connectivity index (χ1) is 11.9. The lowest BCUT2D eigenvalue weighted by molar-refractivity contribution is -0.116. The Morgan fingerprint density at radius 2 is 1.88 bits per heavy atom. The summed E-state index contributed by atoms with van der Waals surface area (Å²) in [5.41, 5.74) is 1.79. The van der Waals surface area contributed by atoms with Gasteiger partial charge < -0.3 is 9.73 Å². The van der Waals surface area contributed by atoms with Gasteiger partial charge >= 0.3 is 0 Å². The minimum atomic E-state index is -0.364. The van der Waals surface area contributed by atoms with Gasteiger partial charge in [-0.25, -0.2) is 4.98 Å². The molecule has 0 saturated carbocycles. The minimum absolute atomic E-state index is 0.0467. The molecule has 2 heterocycles. The van der Waals surface area contributed by atoms with E-state index < -0.39 is 0 Å². The molecule has 1 N–H and O–H groups in total. The lowest BCUT2D eigenvalue weighted by atomic mass is 10.1. The molecule has 128 valence electrons. The topological polar surface area (TPSA) is 94.2 Å². The lowest BCUT2D eigenvalue weighted by Gasteiger charge is -2.07. The van der Waals surface area contributed by atoms with Crippen LogP contribution in [-0.2, 0) is 11.3 Å². The molecular formula is C18H17N3O4. The molecule has 0 aliphatic carbocycles. The number of ketones is 1. The third-order valence-corrected chi connectivity index (χ3v) is 4.04. The third kappa shape index (κ3) is 3.21. The van der Waals surface area contributed by atoms with Gasteiger partial charge in [-0.2, -0.15) is 0 Å². The van der Waals surface area contributed by atoms with Gasteiger partial charge in [0.15, 0.2) is 5.78 Å². The van der Waals surface area contributed by atoms with Crippen LogP contribution >= 0.6 is 0 Å². The molecular weight excluding hydrogens is 322 g/mol. The molecule has 0 spiro atoms. The average molecular weight is 339 g/mol. The molecule has 7 heteroatoms. The van der Waals surface area contributed by atoms with Crippen molar-refractivity contribution in [3.8, 4) is 0 Å². The van der Waals surface area contributed by atoms with Crippen molar-refractivity contribution >= 4 is 28.5 Å². The number of anilines is 1. The predicted molar refractivity (Wildman–Crippen MR) is 92.8 cm³/mol. The van der Waals surface area contributed by atoms with Crippen LogP contribution in [0.15, 0.2) is 39.8 Å². The molecule has 1 amide bonds. The van der Waals surface area contributed by atoms with Gasteiger partial charge in [-0.05, 0) is 45.0 Å². The predicted octanol–water partition coefficient (Wildman–Crippen LogP) is 2.45. The summed E-state index contributed by atoms with van der Waals surface area (Å²) < 4.78 is 6.65. The van der Waals surface area contributed by atoms with Crippen molar-refractivity contribution < 1.29 is 14.0 Å². The van der Waals surface area contributed by atoms with E-state index in [1.165, 1.54) is 17.8 Å². The quantitative estimate of drug-likeness (QED) is 0.737. The standard InChI is InChI=1S/C18H17N3O4/c1-10-12(3)25-17-16(10)18(24)21(9-19-17)8-15(23)20-14-6-4-13(5-7-14)11(2)22/h4-7,9H,8H2,1-3H3,(H,20,23). The van der Waals surface area contributed by atoms with Crippen LogP contribution in [0.5, 0.6) is 0 Å². The Hall–Kier alpha value is -3.22. The fraction of sp³-hybridized carbons (Fsp3) is 0.222. The molecule has 0 bridgehead atoms. The van der Waals surface area contributed by atoms with E-state index in [0.29, 0.717) is 22.4 Å². The van der Waals surface area contributed by atoms with Crippen LogP contribution in [-0.4, -0.2) is 21.2 Å². The van der Waals surface area contributed by atoms with Gasteiger partial charge in [0.05, 0.1) is 0 Å². The van der Waals surface area contributed by atoms with Gasteiger partial charge in [0.2, 0.25) is 11.6 Å². The normalized spacial score (nSPS) is 10.8. The highest BCUT2D eigenvalue weighted by atomic mass is 16.3. The van der Waals surface area contributed by atoms with E-state index in [2.05, 4.69) is 10.3 Å². The maximum atomic E-state index is 12.5. The average Bonchev–Trinajstić information content (AvgIpc) is 2.86. The van der Waals surface area contributed by atoms with E-state index in [-0.39, 0.29) is 29.5 Å². The van der Waals surface area contributed by atoms with Crippen molar-refractivity contribution in [1.29, 1.82) is 0 Å². The summed E-state index contributed by atoms with van der Waals surface area (Å²) in [6.07, 6.45) is 1.30. The molecule has 0 saturated heterocycles. The van der Waals surface area contributed by atoms with E-state index in [0.717, 1.165) is 5.56 Å². The fourth-order valence-corrected chi connectivity index (χ4v) is 2.53. The fourth-order valence-electron chi connectivity index (χ4n) is 2.53. The molecule has 0 fully saturated rings. The maximum absolute atomic E-state index is 12.5. The second-order valence-electron chi connectivity index (χ2n) is 5.82. The summed E-state index contributed by atoms with van der Waals surface area (Å²) in [7, 11) is 0. The molecule has 7 nitrogen and oxygen atoms in total. The number of nitrogens with one attached hydrogen (secondary N) is 1. The van der Waals surface area contributed by atoms with Crippen molar-refractivity contribution in [2.24, 2.45) is 0 Å². The van der Waals surface area contributed by atoms with Crippen LogP contribution in [0.25, 0.3) is 11.1 Å². The van der Waals surface area contributed by atoms with Crippen molar-refractivity contribution in [2.75, 3.05) is 5.32 Å². The number of amides is 1. The Bertz CT molecular complexity index is 1030. The highest BCUT2D eigenvalue weighted by Crippen LogP contribution is 2.19. The molecule has 0 radical (unpaired) electrons. The molecule has 0 atom stereocenters. The number of fused-ring (bicyclic) bond motifs is 1. The summed E-state index contributed by atoms with van der Waals surface area (Å²) in [6, 6.07) is 6.55. The highest BCUT2D eigenvalue weighted by molar-refractivity contribution is 5.95. The zero-order valence-corrected chi connectivity index (χ0v) is 14.1. The van der Waals surface area contributed by atoms with E-state index in [9.17, 15) is 14.4 Å². The summed E-state index contributed by atoms with van der Waals surface area (Å²) in [5, 5.41) is 3.08. The first-order valence-corrected chi connectivity index (χ1v) is 7.73. The number of aromatic nitrogens is 2. The van der Waals surface area contributed by atoms with Crippen molar-refractivity contribution in [2.45, 2.75) is 27.3 Å². The van der Waals surface area contributed by atoms with Gasteiger partial charge in [0.25, 0.3) is 5.56 Å². The maximum Gasteiger partial charge on any atom is 0.265 e. The van der Waals surface area contributed by atoms with Crippen LogP contribution in [0.4, 0.5) is 5.69 Å². The van der Waals surface area contributed by atoms with E-state index in [1.54, 1.807) is 38.1 Å². The highest BCUT2D eigenvalue weighted by Gasteiger charge is 2.15. The molecule has 25 heavy (non-hydrogen) atoms. The van der Waals surface area contributed by atoms with Gasteiger partial charge in [0.1, 0.15) is 24.0 Å². The van der Waals surface area contributed by atoms with Crippen molar-refractivity contribution in [1.82, 2.24) is 9.55 Å². The first kappa shape index (κ1) is 16.6. The first-order valence-electron chi connectivity index (χ1n) is 7.73. The lowest BCUT2D eigenvalue weighted by Crippen LogP contribution is -2.27. The second kappa shape index (κ2) is 6.35. The Kier molecular flexibility index (Phi) is 4.22.